The first-order valence-electron chi connectivity index (χ1n) is 8.75. The van der Waals surface area contributed by atoms with E-state index in [9.17, 15) is 14.9 Å². The zero-order chi connectivity index (χ0) is 19.7. The van der Waals surface area contributed by atoms with E-state index in [-0.39, 0.29) is 18.1 Å². The summed E-state index contributed by atoms with van der Waals surface area (Å²) in [6.45, 7) is 7.85. The third-order valence-corrected chi connectivity index (χ3v) is 5.19. The van der Waals surface area contributed by atoms with E-state index in [1.165, 1.54) is 4.68 Å². The van der Waals surface area contributed by atoms with E-state index in [1.54, 1.807) is 18.7 Å². The summed E-state index contributed by atoms with van der Waals surface area (Å²) in [4.78, 5) is 27.3. The number of rotatable bonds is 4. The number of piperazine rings is 1. The van der Waals surface area contributed by atoms with Crippen molar-refractivity contribution in [1.29, 1.82) is 0 Å². The minimum Gasteiger partial charge on any atom is -0.368 e. The van der Waals surface area contributed by atoms with Crippen molar-refractivity contribution in [2.24, 2.45) is 0 Å². The van der Waals surface area contributed by atoms with Crippen molar-refractivity contribution < 1.29 is 9.72 Å². The average molecular weight is 392 g/mol. The van der Waals surface area contributed by atoms with Gasteiger partial charge in [-0.3, -0.25) is 19.6 Å². The van der Waals surface area contributed by atoms with E-state index in [2.05, 4.69) is 10.00 Å². The minimum atomic E-state index is -0.454. The van der Waals surface area contributed by atoms with Crippen LogP contribution in [0.1, 0.15) is 17.0 Å². The molecule has 0 bridgehead atoms. The molecule has 144 valence electrons. The highest BCUT2D eigenvalue weighted by atomic mass is 35.5. The molecule has 1 saturated heterocycles. The molecule has 2 heterocycles. The molecular weight excluding hydrogens is 370 g/mol. The maximum atomic E-state index is 12.6. The van der Waals surface area contributed by atoms with E-state index in [1.807, 2.05) is 25.1 Å². The first kappa shape index (κ1) is 19.2. The first-order chi connectivity index (χ1) is 12.8. The Bertz CT molecular complexity index is 887. The molecule has 1 fully saturated rings. The molecule has 0 atom stereocenters. The van der Waals surface area contributed by atoms with Gasteiger partial charge in [0.2, 0.25) is 5.91 Å². The topological polar surface area (TPSA) is 84.5 Å². The van der Waals surface area contributed by atoms with Gasteiger partial charge in [0.05, 0.1) is 4.92 Å². The van der Waals surface area contributed by atoms with Crippen LogP contribution in [0.2, 0.25) is 5.02 Å². The van der Waals surface area contributed by atoms with Crippen molar-refractivity contribution in [2.45, 2.75) is 27.3 Å². The van der Waals surface area contributed by atoms with Crippen molar-refractivity contribution in [3.05, 3.63) is 50.3 Å². The molecule has 0 spiro atoms. The van der Waals surface area contributed by atoms with Crippen molar-refractivity contribution >= 4 is 28.9 Å². The predicted octanol–water partition coefficient (Wildman–Crippen LogP) is 2.72. The van der Waals surface area contributed by atoms with Crippen molar-refractivity contribution in [2.75, 3.05) is 31.1 Å². The molecule has 2 aromatic rings. The molecule has 0 aliphatic carbocycles. The second-order valence-corrected chi connectivity index (χ2v) is 7.17. The number of benzene rings is 1. The maximum Gasteiger partial charge on any atom is 0.312 e. The summed E-state index contributed by atoms with van der Waals surface area (Å²) in [5, 5.41) is 16.0. The number of halogens is 1. The average Bonchev–Trinajstić information content (AvgIpc) is 2.90. The van der Waals surface area contributed by atoms with E-state index in [0.717, 1.165) is 11.3 Å². The van der Waals surface area contributed by atoms with Gasteiger partial charge < -0.3 is 9.80 Å². The standard InChI is InChI=1S/C18H22ClN5O3/c1-12-4-5-15(19)10-16(12)21-6-8-22(9-7-21)17(25)11-23-14(3)18(24(26)27)13(2)20-23/h4-5,10H,6-9,11H2,1-3H3. The maximum absolute atomic E-state index is 12.6. The van der Waals surface area contributed by atoms with Gasteiger partial charge in [-0.2, -0.15) is 5.10 Å². The Kier molecular flexibility index (Phi) is 5.36. The molecule has 27 heavy (non-hydrogen) atoms. The van der Waals surface area contributed by atoms with Crippen LogP contribution in [0.25, 0.3) is 0 Å². The van der Waals surface area contributed by atoms with Gasteiger partial charge in [0.25, 0.3) is 0 Å². The van der Waals surface area contributed by atoms with Gasteiger partial charge in [-0.05, 0) is 38.5 Å². The monoisotopic (exact) mass is 391 g/mol. The van der Waals surface area contributed by atoms with E-state index in [4.69, 9.17) is 11.6 Å². The second kappa shape index (κ2) is 7.56. The highest BCUT2D eigenvalue weighted by Gasteiger charge is 2.26. The van der Waals surface area contributed by atoms with Gasteiger partial charge in [-0.25, -0.2) is 0 Å². The lowest BCUT2D eigenvalue weighted by Crippen LogP contribution is -2.49. The predicted molar refractivity (Wildman–Crippen MR) is 103 cm³/mol. The number of carbonyl (C=O) groups excluding carboxylic acids is 1. The second-order valence-electron chi connectivity index (χ2n) is 6.73. The smallest absolute Gasteiger partial charge is 0.312 e. The zero-order valence-electron chi connectivity index (χ0n) is 15.6. The molecule has 1 aliphatic rings. The largest absolute Gasteiger partial charge is 0.368 e. The van der Waals surface area contributed by atoms with Crippen molar-refractivity contribution in [3.8, 4) is 0 Å². The third-order valence-electron chi connectivity index (χ3n) is 4.96. The summed E-state index contributed by atoms with van der Waals surface area (Å²) in [5.41, 5.74) is 2.94. The Morgan fingerprint density at radius 3 is 2.48 bits per heavy atom. The van der Waals surface area contributed by atoms with Gasteiger partial charge in [0.15, 0.2) is 0 Å². The number of aromatic nitrogens is 2. The molecule has 3 rings (SSSR count). The van der Waals surface area contributed by atoms with Crippen molar-refractivity contribution in [3.63, 3.8) is 0 Å². The summed E-state index contributed by atoms with van der Waals surface area (Å²) in [6.07, 6.45) is 0. The lowest BCUT2D eigenvalue weighted by Gasteiger charge is -2.37. The number of nitrogens with zero attached hydrogens (tertiary/aromatic N) is 5. The molecule has 0 unspecified atom stereocenters. The van der Waals surface area contributed by atoms with E-state index < -0.39 is 4.92 Å². The fourth-order valence-corrected chi connectivity index (χ4v) is 3.62. The number of aryl methyl sites for hydroxylation is 2. The Morgan fingerprint density at radius 1 is 1.22 bits per heavy atom. The van der Waals surface area contributed by atoms with Crippen molar-refractivity contribution in [1.82, 2.24) is 14.7 Å². The molecule has 0 radical (unpaired) electrons. The molecular formula is C18H22ClN5O3. The lowest BCUT2D eigenvalue weighted by atomic mass is 10.1. The molecule has 1 aromatic heterocycles. The van der Waals surface area contributed by atoms with Crippen LogP contribution >= 0.6 is 11.6 Å². The SMILES string of the molecule is Cc1ccc(Cl)cc1N1CCN(C(=O)Cn2nc(C)c([N+](=O)[O-])c2C)CC1. The normalized spacial score (nSPS) is 14.5. The van der Waals surface area contributed by atoms with Crippen LogP contribution in [0.3, 0.4) is 0 Å². The van der Waals surface area contributed by atoms with Gasteiger partial charge in [-0.15, -0.1) is 0 Å². The van der Waals surface area contributed by atoms with Crippen LogP contribution < -0.4 is 4.90 Å². The first-order valence-corrected chi connectivity index (χ1v) is 9.13. The summed E-state index contributed by atoms with van der Waals surface area (Å²) < 4.78 is 1.42. The summed E-state index contributed by atoms with van der Waals surface area (Å²) >= 11 is 6.11. The fraction of sp³-hybridized carbons (Fsp3) is 0.444. The van der Waals surface area contributed by atoms with Crippen LogP contribution in [-0.2, 0) is 11.3 Å². The molecule has 1 aliphatic heterocycles. The van der Waals surface area contributed by atoms with Crippen LogP contribution in [0.5, 0.6) is 0 Å². The number of amides is 1. The Hall–Kier alpha value is -2.61. The molecule has 0 saturated carbocycles. The van der Waals surface area contributed by atoms with E-state index in [0.29, 0.717) is 42.6 Å². The highest BCUT2D eigenvalue weighted by molar-refractivity contribution is 6.30. The highest BCUT2D eigenvalue weighted by Crippen LogP contribution is 2.26. The number of carbonyl (C=O) groups is 1. The molecule has 1 amide bonds. The number of anilines is 1. The van der Waals surface area contributed by atoms with Crippen LogP contribution in [-0.4, -0.2) is 51.7 Å². The third kappa shape index (κ3) is 3.90. The van der Waals surface area contributed by atoms with Gasteiger partial charge in [0, 0.05) is 36.9 Å². The zero-order valence-corrected chi connectivity index (χ0v) is 16.4. The molecule has 9 heteroatoms. The Balaban J connectivity index is 1.65. The minimum absolute atomic E-state index is 0.0106. The number of hydrogen-bond donors (Lipinski definition) is 0. The van der Waals surface area contributed by atoms with Gasteiger partial charge in [-0.1, -0.05) is 17.7 Å². The molecule has 0 N–H and O–H groups in total. The number of nitro groups is 1. The molecule has 1 aromatic carbocycles. The molecule has 8 nitrogen and oxygen atoms in total. The quantitative estimate of drug-likeness (QED) is 0.591. The summed E-state index contributed by atoms with van der Waals surface area (Å²) in [7, 11) is 0. The summed E-state index contributed by atoms with van der Waals surface area (Å²) in [6, 6.07) is 5.81. The Labute approximate surface area is 162 Å². The van der Waals surface area contributed by atoms with Crippen LogP contribution in [0.4, 0.5) is 11.4 Å². The van der Waals surface area contributed by atoms with E-state index >= 15 is 0 Å². The van der Waals surface area contributed by atoms with Crippen LogP contribution in [0, 0.1) is 30.9 Å². The Morgan fingerprint density at radius 2 is 1.89 bits per heavy atom. The van der Waals surface area contributed by atoms with Gasteiger partial charge in [0.1, 0.15) is 17.9 Å². The lowest BCUT2D eigenvalue weighted by molar-refractivity contribution is -0.386. The van der Waals surface area contributed by atoms with Crippen LogP contribution in [0.15, 0.2) is 18.2 Å². The number of hydrogen-bond acceptors (Lipinski definition) is 5. The van der Waals surface area contributed by atoms with Gasteiger partial charge >= 0.3 is 5.69 Å². The fourth-order valence-electron chi connectivity index (χ4n) is 3.45. The summed E-state index contributed by atoms with van der Waals surface area (Å²) in [5.74, 6) is -0.0852.